The van der Waals surface area contributed by atoms with Crippen LogP contribution in [0.4, 0.5) is 4.39 Å². The molecule has 2 nitrogen and oxygen atoms in total. The Labute approximate surface area is 83.9 Å². The third kappa shape index (κ3) is 3.26. The van der Waals surface area contributed by atoms with Gasteiger partial charge in [0.05, 0.1) is 11.9 Å². The molecule has 0 fully saturated rings. The Morgan fingerprint density at radius 2 is 2.43 bits per heavy atom. The van der Waals surface area contributed by atoms with E-state index >= 15 is 0 Å². The summed E-state index contributed by atoms with van der Waals surface area (Å²) in [6, 6.07) is 3.27. The van der Waals surface area contributed by atoms with Crippen molar-refractivity contribution in [2.24, 2.45) is 0 Å². The Hall–Kier alpha value is -1.22. The molecule has 1 N–H and O–H groups in total. The van der Waals surface area contributed by atoms with Crippen LogP contribution in [-0.2, 0) is 0 Å². The number of nitrogens with zero attached hydrogens (tertiary/aromatic N) is 1. The summed E-state index contributed by atoms with van der Waals surface area (Å²) in [5.41, 5.74) is 0.857. The third-order valence-corrected chi connectivity index (χ3v) is 1.99. The summed E-state index contributed by atoms with van der Waals surface area (Å²) in [5.74, 6) is -0.299. The average molecular weight is 194 g/mol. The van der Waals surface area contributed by atoms with E-state index < -0.39 is 0 Å². The molecule has 3 heteroatoms. The van der Waals surface area contributed by atoms with Crippen molar-refractivity contribution in [1.82, 2.24) is 10.3 Å². The molecule has 0 aliphatic carbocycles. The lowest BCUT2D eigenvalue weighted by Crippen LogP contribution is -2.20. The Kier molecular flexibility index (Phi) is 4.26. The molecule has 0 radical (unpaired) electrons. The Morgan fingerprint density at radius 3 is 3.00 bits per heavy atom. The second-order valence-corrected chi connectivity index (χ2v) is 3.15. The Bertz CT molecular complexity index is 282. The van der Waals surface area contributed by atoms with Crippen molar-refractivity contribution in [2.45, 2.75) is 19.4 Å². The molecule has 1 aromatic rings. The molecule has 1 unspecified atom stereocenters. The summed E-state index contributed by atoms with van der Waals surface area (Å²) in [4.78, 5) is 3.99. The van der Waals surface area contributed by atoms with E-state index in [2.05, 4.69) is 16.9 Å². The molecule has 14 heavy (non-hydrogen) atoms. The molecule has 0 saturated carbocycles. The van der Waals surface area contributed by atoms with Gasteiger partial charge in [-0.3, -0.25) is 4.98 Å². The first-order valence-corrected chi connectivity index (χ1v) is 4.69. The van der Waals surface area contributed by atoms with E-state index in [1.54, 1.807) is 6.07 Å². The minimum Gasteiger partial charge on any atom is -0.309 e. The van der Waals surface area contributed by atoms with E-state index in [1.165, 1.54) is 12.3 Å². The van der Waals surface area contributed by atoms with Crippen molar-refractivity contribution in [2.75, 3.05) is 6.54 Å². The van der Waals surface area contributed by atoms with Gasteiger partial charge >= 0.3 is 0 Å². The zero-order valence-electron chi connectivity index (χ0n) is 8.33. The first-order valence-electron chi connectivity index (χ1n) is 4.69. The number of halogens is 1. The summed E-state index contributed by atoms with van der Waals surface area (Å²) in [7, 11) is 0. The summed E-state index contributed by atoms with van der Waals surface area (Å²) >= 11 is 0. The lowest BCUT2D eigenvalue weighted by Gasteiger charge is -2.11. The zero-order valence-corrected chi connectivity index (χ0v) is 8.33. The van der Waals surface area contributed by atoms with E-state index in [-0.39, 0.29) is 11.9 Å². The first kappa shape index (κ1) is 10.9. The van der Waals surface area contributed by atoms with Gasteiger partial charge in [0.1, 0.15) is 5.82 Å². The number of nitrogens with one attached hydrogen (secondary N) is 1. The molecule has 1 atom stereocenters. The van der Waals surface area contributed by atoms with Crippen molar-refractivity contribution < 1.29 is 4.39 Å². The fourth-order valence-electron chi connectivity index (χ4n) is 1.15. The monoisotopic (exact) mass is 194 g/mol. The number of hydrogen-bond acceptors (Lipinski definition) is 2. The molecular weight excluding hydrogens is 179 g/mol. The molecule has 1 rings (SSSR count). The van der Waals surface area contributed by atoms with Crippen LogP contribution in [0.1, 0.15) is 25.1 Å². The quantitative estimate of drug-likeness (QED) is 0.575. The van der Waals surface area contributed by atoms with Crippen LogP contribution in [0.2, 0.25) is 0 Å². The van der Waals surface area contributed by atoms with Crippen molar-refractivity contribution >= 4 is 0 Å². The molecule has 0 bridgehead atoms. The summed E-state index contributed by atoms with van der Waals surface area (Å²) in [6.45, 7) is 6.50. The fourth-order valence-corrected chi connectivity index (χ4v) is 1.15. The number of hydrogen-bond donors (Lipinski definition) is 1. The second kappa shape index (κ2) is 5.50. The highest BCUT2D eigenvalue weighted by Crippen LogP contribution is 2.08. The van der Waals surface area contributed by atoms with Gasteiger partial charge in [0.15, 0.2) is 0 Å². The first-order chi connectivity index (χ1) is 6.74. The normalized spacial score (nSPS) is 12.4. The number of aromatic nitrogens is 1. The highest BCUT2D eigenvalue weighted by Gasteiger charge is 2.04. The van der Waals surface area contributed by atoms with Gasteiger partial charge in [-0.15, -0.1) is 6.58 Å². The van der Waals surface area contributed by atoms with Crippen LogP contribution in [0.5, 0.6) is 0 Å². The van der Waals surface area contributed by atoms with Crippen LogP contribution in [-0.4, -0.2) is 11.5 Å². The van der Waals surface area contributed by atoms with Gasteiger partial charge in [-0.1, -0.05) is 6.08 Å². The van der Waals surface area contributed by atoms with Crippen molar-refractivity contribution in [1.29, 1.82) is 0 Å². The minimum atomic E-state index is -0.299. The fraction of sp³-hybridized carbons (Fsp3) is 0.364. The minimum absolute atomic E-state index is 0.149. The lowest BCUT2D eigenvalue weighted by atomic mass is 10.2. The predicted octanol–water partition coefficient (Wildman–Crippen LogP) is 2.45. The number of pyridine rings is 1. The van der Waals surface area contributed by atoms with Crippen LogP contribution >= 0.6 is 0 Å². The third-order valence-electron chi connectivity index (χ3n) is 1.99. The molecule has 1 aromatic heterocycles. The predicted molar refractivity (Wildman–Crippen MR) is 55.4 cm³/mol. The molecule has 0 aliphatic rings. The molecule has 76 valence electrons. The van der Waals surface area contributed by atoms with Crippen LogP contribution < -0.4 is 5.32 Å². The highest BCUT2D eigenvalue weighted by atomic mass is 19.1. The molecular formula is C11H15FN2. The maximum atomic E-state index is 12.6. The molecule has 0 saturated heterocycles. The van der Waals surface area contributed by atoms with E-state index in [0.717, 1.165) is 18.7 Å². The van der Waals surface area contributed by atoms with Crippen molar-refractivity contribution in [3.05, 3.63) is 42.5 Å². The van der Waals surface area contributed by atoms with E-state index in [4.69, 9.17) is 0 Å². The van der Waals surface area contributed by atoms with Crippen LogP contribution in [0, 0.1) is 5.82 Å². The topological polar surface area (TPSA) is 24.9 Å². The van der Waals surface area contributed by atoms with Gasteiger partial charge in [0.2, 0.25) is 0 Å². The van der Waals surface area contributed by atoms with Gasteiger partial charge in [-0.05, 0) is 32.0 Å². The van der Waals surface area contributed by atoms with Gasteiger partial charge < -0.3 is 5.32 Å². The largest absolute Gasteiger partial charge is 0.309 e. The Balaban J connectivity index is 2.47. The van der Waals surface area contributed by atoms with Gasteiger partial charge in [-0.25, -0.2) is 4.39 Å². The smallest absolute Gasteiger partial charge is 0.141 e. The zero-order chi connectivity index (χ0) is 10.4. The summed E-state index contributed by atoms with van der Waals surface area (Å²) < 4.78 is 12.6. The maximum Gasteiger partial charge on any atom is 0.141 e. The highest BCUT2D eigenvalue weighted by molar-refractivity contribution is 5.08. The SMILES string of the molecule is C=CCCNC(C)c1ccc(F)cn1. The molecule has 0 aromatic carbocycles. The second-order valence-electron chi connectivity index (χ2n) is 3.15. The van der Waals surface area contributed by atoms with E-state index in [0.29, 0.717) is 0 Å². The number of rotatable bonds is 5. The maximum absolute atomic E-state index is 12.6. The van der Waals surface area contributed by atoms with Crippen LogP contribution in [0.25, 0.3) is 0 Å². The summed E-state index contributed by atoms with van der Waals surface area (Å²) in [5, 5.41) is 3.26. The lowest BCUT2D eigenvalue weighted by molar-refractivity contribution is 0.560. The van der Waals surface area contributed by atoms with Crippen LogP contribution in [0.3, 0.4) is 0 Å². The Morgan fingerprint density at radius 1 is 1.64 bits per heavy atom. The van der Waals surface area contributed by atoms with Crippen LogP contribution in [0.15, 0.2) is 31.0 Å². The van der Waals surface area contributed by atoms with Gasteiger partial charge in [0.25, 0.3) is 0 Å². The van der Waals surface area contributed by atoms with Crippen molar-refractivity contribution in [3.63, 3.8) is 0 Å². The molecule has 0 amide bonds. The van der Waals surface area contributed by atoms with E-state index in [1.807, 2.05) is 13.0 Å². The summed E-state index contributed by atoms with van der Waals surface area (Å²) in [6.07, 6.45) is 4.02. The average Bonchev–Trinajstić information content (AvgIpc) is 2.19. The molecule has 0 aliphatic heterocycles. The molecule has 1 heterocycles. The van der Waals surface area contributed by atoms with Gasteiger partial charge in [-0.2, -0.15) is 0 Å². The standard InChI is InChI=1S/C11H15FN2/c1-3-4-7-13-9(2)11-6-5-10(12)8-14-11/h3,5-6,8-9,13H,1,4,7H2,2H3. The van der Waals surface area contributed by atoms with Crippen molar-refractivity contribution in [3.8, 4) is 0 Å². The van der Waals surface area contributed by atoms with Gasteiger partial charge in [0, 0.05) is 6.04 Å². The van der Waals surface area contributed by atoms with E-state index in [9.17, 15) is 4.39 Å². The molecule has 0 spiro atoms.